The highest BCUT2D eigenvalue weighted by Gasteiger charge is 2.09. The predicted octanol–water partition coefficient (Wildman–Crippen LogP) is -0.806. The number of ether oxygens (including phenoxy) is 1. The summed E-state index contributed by atoms with van der Waals surface area (Å²) in [4.78, 5) is 12.6. The van der Waals surface area contributed by atoms with E-state index in [2.05, 4.69) is 5.73 Å². The van der Waals surface area contributed by atoms with Crippen molar-refractivity contribution in [3.63, 3.8) is 0 Å². The first-order chi connectivity index (χ1) is 5.07. The summed E-state index contributed by atoms with van der Waals surface area (Å²) in [6, 6.07) is 0. The van der Waals surface area contributed by atoms with E-state index < -0.39 is 0 Å². The highest BCUT2D eigenvalue weighted by Crippen LogP contribution is 1.88. The molecular formula is C7H15N2O2+. The van der Waals surface area contributed by atoms with Gasteiger partial charge in [-0.15, -0.1) is 0 Å². The van der Waals surface area contributed by atoms with E-state index in [0.29, 0.717) is 12.3 Å². The Bertz CT molecular complexity index is 164. The second-order valence-electron chi connectivity index (χ2n) is 2.34. The number of carbonyl (C=O) groups excluding carboxylic acids is 1. The number of quaternary nitrogens is 1. The van der Waals surface area contributed by atoms with Crippen LogP contribution in [0.2, 0.25) is 0 Å². The van der Waals surface area contributed by atoms with Crippen molar-refractivity contribution < 1.29 is 15.3 Å². The van der Waals surface area contributed by atoms with Gasteiger partial charge >= 0.3 is 5.97 Å². The van der Waals surface area contributed by atoms with Crippen LogP contribution in [0.5, 0.6) is 0 Å². The number of nitrogens with zero attached hydrogens (tertiary/aromatic N) is 1. The van der Waals surface area contributed by atoms with Crippen LogP contribution in [-0.4, -0.2) is 31.6 Å². The second-order valence-corrected chi connectivity index (χ2v) is 2.34. The van der Waals surface area contributed by atoms with Gasteiger partial charge in [-0.05, 0) is 6.92 Å². The Hall–Kier alpha value is -1.03. The Morgan fingerprint density at radius 2 is 2.18 bits per heavy atom. The van der Waals surface area contributed by atoms with Crippen molar-refractivity contribution in [3.05, 3.63) is 11.9 Å². The van der Waals surface area contributed by atoms with E-state index in [9.17, 15) is 4.79 Å². The quantitative estimate of drug-likeness (QED) is 0.433. The van der Waals surface area contributed by atoms with Crippen LogP contribution in [0, 0.1) is 0 Å². The summed E-state index contributed by atoms with van der Waals surface area (Å²) in [6.45, 7) is 2.15. The van der Waals surface area contributed by atoms with Gasteiger partial charge in [0.1, 0.15) is 0 Å². The molecule has 0 radical (unpaired) electrons. The van der Waals surface area contributed by atoms with Crippen LogP contribution < -0.4 is 5.73 Å². The van der Waals surface area contributed by atoms with Gasteiger partial charge in [0.15, 0.2) is 0 Å². The lowest BCUT2D eigenvalue weighted by Gasteiger charge is -2.04. The highest BCUT2D eigenvalue weighted by molar-refractivity contribution is 5.84. The van der Waals surface area contributed by atoms with E-state index in [-0.39, 0.29) is 5.97 Å². The molecule has 0 amide bonds. The van der Waals surface area contributed by atoms with Crippen LogP contribution in [0.15, 0.2) is 11.9 Å². The molecule has 0 bridgehead atoms. The maximum atomic E-state index is 10.9. The van der Waals surface area contributed by atoms with E-state index in [1.54, 1.807) is 18.0 Å². The van der Waals surface area contributed by atoms with Crippen molar-refractivity contribution >= 4 is 5.97 Å². The van der Waals surface area contributed by atoms with Gasteiger partial charge in [-0.3, -0.25) is 0 Å². The lowest BCUT2D eigenvalue weighted by atomic mass is 10.5. The average molecular weight is 159 g/mol. The third kappa shape index (κ3) is 4.38. The molecule has 0 spiro atoms. The Labute approximate surface area is 66.6 Å². The molecule has 0 aliphatic heterocycles. The molecule has 0 aromatic heterocycles. The fourth-order valence-electron chi connectivity index (χ4n) is 0.588. The van der Waals surface area contributed by atoms with Crippen molar-refractivity contribution in [1.29, 1.82) is 0 Å². The van der Waals surface area contributed by atoms with Crippen molar-refractivity contribution in [2.45, 2.75) is 6.92 Å². The molecule has 11 heavy (non-hydrogen) atoms. The molecule has 64 valence electrons. The monoisotopic (exact) mass is 159 g/mol. The third-order valence-corrected chi connectivity index (χ3v) is 0.952. The van der Waals surface area contributed by atoms with Crippen molar-refractivity contribution in [3.8, 4) is 0 Å². The zero-order chi connectivity index (χ0) is 8.85. The molecule has 0 rings (SSSR count). The van der Waals surface area contributed by atoms with Gasteiger partial charge in [0.25, 0.3) is 0 Å². The number of esters is 1. The molecule has 0 fully saturated rings. The molecule has 0 aliphatic carbocycles. The van der Waals surface area contributed by atoms with Gasteiger partial charge in [0, 0.05) is 14.1 Å². The maximum Gasteiger partial charge on any atom is 0.394 e. The average Bonchev–Trinajstić information content (AvgIpc) is 1.86. The molecule has 0 saturated heterocycles. The molecular weight excluding hydrogens is 144 g/mol. The largest absolute Gasteiger partial charge is 0.458 e. The molecule has 4 nitrogen and oxygen atoms in total. The molecule has 0 aromatic carbocycles. The van der Waals surface area contributed by atoms with Gasteiger partial charge in [0.05, 0.1) is 12.8 Å². The zero-order valence-electron chi connectivity index (χ0n) is 7.26. The summed E-state index contributed by atoms with van der Waals surface area (Å²) < 4.78 is 4.71. The SMILES string of the molecule is CCOC(=O)C([NH3+])=CN(C)C. The van der Waals surface area contributed by atoms with E-state index in [4.69, 9.17) is 4.74 Å². The summed E-state index contributed by atoms with van der Waals surface area (Å²) >= 11 is 0. The molecule has 0 heterocycles. The minimum absolute atomic E-state index is 0.360. The molecule has 4 heteroatoms. The minimum Gasteiger partial charge on any atom is -0.458 e. The van der Waals surface area contributed by atoms with Gasteiger partial charge in [-0.1, -0.05) is 0 Å². The van der Waals surface area contributed by atoms with Crippen molar-refractivity contribution in [1.82, 2.24) is 4.90 Å². The zero-order valence-corrected chi connectivity index (χ0v) is 7.26. The number of rotatable bonds is 3. The summed E-state index contributed by atoms with van der Waals surface area (Å²) in [5.74, 6) is -0.360. The number of carbonyl (C=O) groups is 1. The molecule has 0 aromatic rings. The van der Waals surface area contributed by atoms with Crippen LogP contribution >= 0.6 is 0 Å². The van der Waals surface area contributed by atoms with E-state index >= 15 is 0 Å². The van der Waals surface area contributed by atoms with Crippen LogP contribution in [0.1, 0.15) is 6.92 Å². The van der Waals surface area contributed by atoms with Gasteiger partial charge in [0.2, 0.25) is 5.70 Å². The first-order valence-electron chi connectivity index (χ1n) is 3.45. The predicted molar refractivity (Wildman–Crippen MR) is 41.3 cm³/mol. The summed E-state index contributed by atoms with van der Waals surface area (Å²) in [7, 11) is 3.65. The molecule has 3 N–H and O–H groups in total. The first-order valence-corrected chi connectivity index (χ1v) is 3.45. The fourth-order valence-corrected chi connectivity index (χ4v) is 0.588. The van der Waals surface area contributed by atoms with Crippen LogP contribution in [0.3, 0.4) is 0 Å². The topological polar surface area (TPSA) is 57.2 Å². The Kier molecular flexibility index (Phi) is 4.29. The van der Waals surface area contributed by atoms with Gasteiger partial charge < -0.3 is 15.4 Å². The molecule has 0 unspecified atom stereocenters. The molecule has 0 saturated carbocycles. The fraction of sp³-hybridized carbons (Fsp3) is 0.571. The van der Waals surface area contributed by atoms with E-state index in [0.717, 1.165) is 0 Å². The lowest BCUT2D eigenvalue weighted by molar-refractivity contribution is -0.304. The third-order valence-electron chi connectivity index (χ3n) is 0.952. The van der Waals surface area contributed by atoms with Crippen LogP contribution in [0.25, 0.3) is 0 Å². The van der Waals surface area contributed by atoms with Gasteiger partial charge in [-0.2, -0.15) is 0 Å². The minimum atomic E-state index is -0.360. The van der Waals surface area contributed by atoms with E-state index in [1.165, 1.54) is 0 Å². The standard InChI is InChI=1S/C7H14N2O2/c1-4-11-7(10)6(8)5-9(2)3/h5H,4,8H2,1-3H3/p+1. The Morgan fingerprint density at radius 3 is 2.55 bits per heavy atom. The van der Waals surface area contributed by atoms with Crippen molar-refractivity contribution in [2.75, 3.05) is 20.7 Å². The second kappa shape index (κ2) is 4.73. The molecule has 0 aliphatic rings. The molecule has 0 atom stereocenters. The Morgan fingerprint density at radius 1 is 1.64 bits per heavy atom. The highest BCUT2D eigenvalue weighted by atomic mass is 16.5. The van der Waals surface area contributed by atoms with Crippen LogP contribution in [0.4, 0.5) is 0 Å². The maximum absolute atomic E-state index is 10.9. The normalized spacial score (nSPS) is 11.1. The summed E-state index contributed by atoms with van der Waals surface area (Å²) in [5.41, 5.74) is 3.91. The van der Waals surface area contributed by atoms with Crippen molar-refractivity contribution in [2.24, 2.45) is 0 Å². The number of hydrogen-bond donors (Lipinski definition) is 1. The number of hydrogen-bond acceptors (Lipinski definition) is 3. The Balaban J connectivity index is 4.01. The van der Waals surface area contributed by atoms with Crippen LogP contribution in [-0.2, 0) is 9.53 Å². The van der Waals surface area contributed by atoms with Gasteiger partial charge in [-0.25, -0.2) is 4.79 Å². The summed E-state index contributed by atoms with van der Waals surface area (Å²) in [5, 5.41) is 0. The smallest absolute Gasteiger partial charge is 0.394 e. The summed E-state index contributed by atoms with van der Waals surface area (Å²) in [6.07, 6.45) is 1.62. The van der Waals surface area contributed by atoms with E-state index in [1.807, 2.05) is 14.1 Å². The first kappa shape index (κ1) is 9.97. The lowest BCUT2D eigenvalue weighted by Crippen LogP contribution is -2.52.